The SMILES string of the molecule is NC1CCC(Oc2ccc3nnnn3n2)CC1. The van der Waals surface area contributed by atoms with Crippen LogP contribution in [-0.4, -0.2) is 37.4 Å². The lowest BCUT2D eigenvalue weighted by Gasteiger charge is -2.26. The van der Waals surface area contributed by atoms with Crippen molar-refractivity contribution in [1.29, 1.82) is 0 Å². The zero-order chi connectivity index (χ0) is 11.7. The second-order valence-electron chi connectivity index (χ2n) is 4.35. The van der Waals surface area contributed by atoms with Gasteiger partial charge in [-0.1, -0.05) is 0 Å². The lowest BCUT2D eigenvalue weighted by atomic mass is 9.94. The average molecular weight is 234 g/mol. The van der Waals surface area contributed by atoms with Gasteiger partial charge in [0.25, 0.3) is 0 Å². The van der Waals surface area contributed by atoms with Crippen LogP contribution in [0, 0.1) is 0 Å². The third kappa shape index (κ3) is 2.19. The minimum atomic E-state index is 0.205. The Morgan fingerprint density at radius 1 is 1.24 bits per heavy atom. The molecule has 0 unspecified atom stereocenters. The van der Waals surface area contributed by atoms with Crippen LogP contribution in [0.2, 0.25) is 0 Å². The molecule has 0 spiro atoms. The lowest BCUT2D eigenvalue weighted by molar-refractivity contribution is 0.139. The van der Waals surface area contributed by atoms with Crippen molar-refractivity contribution in [3.8, 4) is 5.88 Å². The van der Waals surface area contributed by atoms with Gasteiger partial charge in [0.2, 0.25) is 5.88 Å². The van der Waals surface area contributed by atoms with E-state index in [1.165, 1.54) is 4.63 Å². The van der Waals surface area contributed by atoms with Crippen LogP contribution in [-0.2, 0) is 0 Å². The first-order valence-electron chi connectivity index (χ1n) is 5.79. The van der Waals surface area contributed by atoms with E-state index in [9.17, 15) is 0 Å². The largest absolute Gasteiger partial charge is 0.473 e. The van der Waals surface area contributed by atoms with Crippen LogP contribution in [0.15, 0.2) is 12.1 Å². The smallest absolute Gasteiger partial charge is 0.233 e. The summed E-state index contributed by atoms with van der Waals surface area (Å²) in [7, 11) is 0. The first-order valence-corrected chi connectivity index (χ1v) is 5.79. The van der Waals surface area contributed by atoms with E-state index in [1.807, 2.05) is 0 Å². The van der Waals surface area contributed by atoms with Gasteiger partial charge in [-0.05, 0) is 42.2 Å². The summed E-state index contributed by atoms with van der Waals surface area (Å²) in [5.74, 6) is 0.560. The van der Waals surface area contributed by atoms with Crippen molar-refractivity contribution in [2.24, 2.45) is 5.73 Å². The Morgan fingerprint density at radius 2 is 2.06 bits per heavy atom. The highest BCUT2D eigenvalue weighted by molar-refractivity contribution is 5.34. The summed E-state index contributed by atoms with van der Waals surface area (Å²) in [5.41, 5.74) is 6.46. The summed E-state index contributed by atoms with van der Waals surface area (Å²) < 4.78 is 7.16. The van der Waals surface area contributed by atoms with Gasteiger partial charge in [0, 0.05) is 12.1 Å². The third-order valence-corrected chi connectivity index (χ3v) is 3.05. The van der Waals surface area contributed by atoms with Crippen molar-refractivity contribution in [2.75, 3.05) is 0 Å². The van der Waals surface area contributed by atoms with Crippen LogP contribution < -0.4 is 10.5 Å². The fourth-order valence-electron chi connectivity index (χ4n) is 2.07. The Bertz CT molecular complexity index is 504. The van der Waals surface area contributed by atoms with Gasteiger partial charge in [-0.3, -0.25) is 0 Å². The van der Waals surface area contributed by atoms with Gasteiger partial charge < -0.3 is 10.5 Å². The van der Waals surface area contributed by atoms with Gasteiger partial charge >= 0.3 is 0 Å². The van der Waals surface area contributed by atoms with E-state index in [0.717, 1.165) is 25.7 Å². The van der Waals surface area contributed by atoms with E-state index < -0.39 is 0 Å². The molecule has 1 saturated carbocycles. The summed E-state index contributed by atoms with van der Waals surface area (Å²) in [5, 5.41) is 15.2. The summed E-state index contributed by atoms with van der Waals surface area (Å²) in [6.45, 7) is 0. The highest BCUT2D eigenvalue weighted by atomic mass is 16.5. The first kappa shape index (κ1) is 10.4. The molecule has 0 aliphatic heterocycles. The number of nitrogens with zero attached hydrogens (tertiary/aromatic N) is 5. The molecule has 1 aliphatic carbocycles. The molecule has 2 N–H and O–H groups in total. The first-order chi connectivity index (χ1) is 8.31. The molecule has 7 nitrogen and oxygen atoms in total. The molecule has 0 bridgehead atoms. The number of rotatable bonds is 2. The highest BCUT2D eigenvalue weighted by Crippen LogP contribution is 2.21. The molecule has 0 amide bonds. The summed E-state index contributed by atoms with van der Waals surface area (Å²) in [6.07, 6.45) is 4.19. The average Bonchev–Trinajstić information content (AvgIpc) is 2.79. The molecule has 2 heterocycles. The molecule has 0 aromatic carbocycles. The molecule has 1 aliphatic rings. The highest BCUT2D eigenvalue weighted by Gasteiger charge is 2.20. The molecule has 2 aromatic heterocycles. The summed E-state index contributed by atoms with van der Waals surface area (Å²) >= 11 is 0. The van der Waals surface area contributed by atoms with Crippen molar-refractivity contribution in [3.05, 3.63) is 12.1 Å². The molecule has 0 atom stereocenters. The Hall–Kier alpha value is -1.76. The van der Waals surface area contributed by atoms with E-state index >= 15 is 0 Å². The molecule has 0 radical (unpaired) electrons. The molecule has 0 saturated heterocycles. The number of nitrogens with two attached hydrogens (primary N) is 1. The fraction of sp³-hybridized carbons (Fsp3) is 0.600. The van der Waals surface area contributed by atoms with Gasteiger partial charge in [0.15, 0.2) is 5.65 Å². The number of ether oxygens (including phenoxy) is 1. The maximum absolute atomic E-state index is 5.85. The zero-order valence-corrected chi connectivity index (χ0v) is 9.36. The zero-order valence-electron chi connectivity index (χ0n) is 9.36. The van der Waals surface area contributed by atoms with E-state index in [0.29, 0.717) is 17.6 Å². The predicted molar refractivity (Wildman–Crippen MR) is 59.4 cm³/mol. The van der Waals surface area contributed by atoms with Crippen molar-refractivity contribution < 1.29 is 4.74 Å². The molecular formula is C10H14N6O. The molecule has 2 aromatic rings. The monoisotopic (exact) mass is 234 g/mol. The summed E-state index contributed by atoms with van der Waals surface area (Å²) in [4.78, 5) is 0. The Kier molecular flexibility index (Phi) is 2.60. The van der Waals surface area contributed by atoms with Gasteiger partial charge in [-0.15, -0.1) is 14.8 Å². The minimum Gasteiger partial charge on any atom is -0.473 e. The maximum atomic E-state index is 5.85. The normalized spacial score (nSPS) is 25.0. The Labute approximate surface area is 97.9 Å². The van der Waals surface area contributed by atoms with Gasteiger partial charge in [0.05, 0.1) is 0 Å². The van der Waals surface area contributed by atoms with Crippen molar-refractivity contribution >= 4 is 5.65 Å². The molecule has 1 fully saturated rings. The van der Waals surface area contributed by atoms with Crippen LogP contribution in [0.5, 0.6) is 5.88 Å². The van der Waals surface area contributed by atoms with E-state index in [-0.39, 0.29) is 6.10 Å². The number of hydrogen-bond acceptors (Lipinski definition) is 6. The van der Waals surface area contributed by atoms with Crippen molar-refractivity contribution in [2.45, 2.75) is 37.8 Å². The van der Waals surface area contributed by atoms with Crippen LogP contribution >= 0.6 is 0 Å². The van der Waals surface area contributed by atoms with E-state index in [1.54, 1.807) is 12.1 Å². The fourth-order valence-corrected chi connectivity index (χ4v) is 2.07. The Morgan fingerprint density at radius 3 is 2.88 bits per heavy atom. The minimum absolute atomic E-state index is 0.205. The molecule has 17 heavy (non-hydrogen) atoms. The topological polar surface area (TPSA) is 91.2 Å². The van der Waals surface area contributed by atoms with Gasteiger partial charge in [-0.2, -0.15) is 0 Å². The Balaban J connectivity index is 1.71. The third-order valence-electron chi connectivity index (χ3n) is 3.05. The number of hydrogen-bond donors (Lipinski definition) is 1. The molecular weight excluding hydrogens is 220 g/mol. The number of aromatic nitrogens is 5. The quantitative estimate of drug-likeness (QED) is 0.796. The predicted octanol–water partition coefficient (Wildman–Crippen LogP) is 0.168. The van der Waals surface area contributed by atoms with E-state index in [2.05, 4.69) is 20.6 Å². The lowest BCUT2D eigenvalue weighted by Crippen LogP contribution is -2.31. The molecule has 3 rings (SSSR count). The van der Waals surface area contributed by atoms with Crippen molar-refractivity contribution in [3.63, 3.8) is 0 Å². The van der Waals surface area contributed by atoms with E-state index in [4.69, 9.17) is 10.5 Å². The molecule has 90 valence electrons. The second-order valence-corrected chi connectivity index (χ2v) is 4.35. The van der Waals surface area contributed by atoms with Crippen molar-refractivity contribution in [1.82, 2.24) is 25.3 Å². The summed E-state index contributed by atoms with van der Waals surface area (Å²) in [6, 6.07) is 3.90. The van der Waals surface area contributed by atoms with Crippen LogP contribution in [0.4, 0.5) is 0 Å². The van der Waals surface area contributed by atoms with Gasteiger partial charge in [0.1, 0.15) is 6.10 Å². The second kappa shape index (κ2) is 4.25. The molecule has 7 heteroatoms. The standard InChI is InChI=1S/C10H14N6O/c11-7-1-3-8(4-2-7)17-10-6-5-9-12-14-15-16(9)13-10/h5-8H,1-4,11H2. The maximum Gasteiger partial charge on any atom is 0.233 e. The number of tetrazole rings is 1. The van der Waals surface area contributed by atoms with Crippen LogP contribution in [0.3, 0.4) is 0 Å². The van der Waals surface area contributed by atoms with Crippen LogP contribution in [0.25, 0.3) is 5.65 Å². The number of fused-ring (bicyclic) bond motifs is 1. The van der Waals surface area contributed by atoms with Crippen LogP contribution in [0.1, 0.15) is 25.7 Å². The van der Waals surface area contributed by atoms with Gasteiger partial charge in [-0.25, -0.2) is 0 Å².